The monoisotopic (exact) mass is 357 g/mol. The van der Waals surface area contributed by atoms with Crippen LogP contribution in [0.3, 0.4) is 0 Å². The van der Waals surface area contributed by atoms with Gasteiger partial charge in [-0.05, 0) is 12.0 Å². The maximum absolute atomic E-state index is 14.0. The number of nitrogens with one attached hydrogen (secondary N) is 1. The molecule has 1 saturated heterocycles. The van der Waals surface area contributed by atoms with E-state index in [9.17, 15) is 17.6 Å². The van der Waals surface area contributed by atoms with Gasteiger partial charge in [0.2, 0.25) is 5.91 Å². The molecule has 1 aromatic rings. The number of halogens is 1. The number of hydrogen-bond donors (Lipinski definition) is 1. The highest BCUT2D eigenvalue weighted by atomic mass is 32.2. The van der Waals surface area contributed by atoms with Crippen molar-refractivity contribution in [3.05, 3.63) is 24.3 Å². The van der Waals surface area contributed by atoms with Crippen LogP contribution in [0.1, 0.15) is 20.3 Å². The summed E-state index contributed by atoms with van der Waals surface area (Å²) in [5.74, 6) is -0.363. The summed E-state index contributed by atoms with van der Waals surface area (Å²) >= 11 is 0. The Kier molecular flexibility index (Phi) is 5.79. The number of amides is 1. The second-order valence-electron chi connectivity index (χ2n) is 6.69. The third-order valence-corrected chi connectivity index (χ3v) is 5.31. The predicted molar refractivity (Wildman–Crippen MR) is 91.0 cm³/mol. The minimum atomic E-state index is -3.17. The third-order valence-electron chi connectivity index (χ3n) is 4.36. The molecule has 0 radical (unpaired) electrons. The van der Waals surface area contributed by atoms with E-state index in [2.05, 4.69) is 24.1 Å². The molecular weight excluding hydrogens is 333 g/mol. The smallest absolute Gasteiger partial charge is 0.221 e. The summed E-state index contributed by atoms with van der Waals surface area (Å²) in [5, 5.41) is 2.92. The van der Waals surface area contributed by atoms with Gasteiger partial charge >= 0.3 is 0 Å². The summed E-state index contributed by atoms with van der Waals surface area (Å²) in [6.45, 7) is 5.25. The highest BCUT2D eigenvalue weighted by Crippen LogP contribution is 2.30. The Morgan fingerprint density at radius 2 is 2.17 bits per heavy atom. The molecule has 8 heteroatoms. The second kappa shape index (κ2) is 7.46. The van der Waals surface area contributed by atoms with Gasteiger partial charge in [-0.25, -0.2) is 12.8 Å². The van der Waals surface area contributed by atoms with E-state index in [0.717, 1.165) is 6.26 Å². The lowest BCUT2D eigenvalue weighted by Crippen LogP contribution is -2.42. The van der Waals surface area contributed by atoms with Crippen molar-refractivity contribution in [2.24, 2.45) is 11.8 Å². The molecule has 0 spiro atoms. The van der Waals surface area contributed by atoms with Crippen molar-refractivity contribution < 1.29 is 17.6 Å². The zero-order valence-corrected chi connectivity index (χ0v) is 15.0. The molecule has 2 atom stereocenters. The summed E-state index contributed by atoms with van der Waals surface area (Å²) in [4.78, 5) is 17.7. The minimum absolute atomic E-state index is 0.0518. The van der Waals surface area contributed by atoms with Gasteiger partial charge in [0.1, 0.15) is 9.84 Å². The molecular formula is C16H24FN3O3S. The van der Waals surface area contributed by atoms with Crippen molar-refractivity contribution >= 4 is 21.4 Å². The summed E-state index contributed by atoms with van der Waals surface area (Å²) < 4.78 is 36.3. The van der Waals surface area contributed by atoms with Crippen molar-refractivity contribution in [2.75, 3.05) is 30.0 Å². The number of anilines is 1. The van der Waals surface area contributed by atoms with E-state index >= 15 is 0 Å². The molecule has 0 unspecified atom stereocenters. The lowest BCUT2D eigenvalue weighted by atomic mass is 9.91. The summed E-state index contributed by atoms with van der Waals surface area (Å²) in [7, 11) is -3.17. The zero-order chi connectivity index (χ0) is 17.9. The van der Waals surface area contributed by atoms with Crippen LogP contribution in [0.25, 0.3) is 0 Å². The van der Waals surface area contributed by atoms with Gasteiger partial charge in [-0.2, -0.15) is 0 Å². The molecule has 1 aromatic heterocycles. The minimum Gasteiger partial charge on any atom is -0.367 e. The summed E-state index contributed by atoms with van der Waals surface area (Å²) in [5.41, 5.74) is 0.475. The first-order chi connectivity index (χ1) is 11.2. The number of rotatable bonds is 6. The highest BCUT2D eigenvalue weighted by Gasteiger charge is 2.36. The van der Waals surface area contributed by atoms with Gasteiger partial charge in [-0.15, -0.1) is 0 Å². The van der Waals surface area contributed by atoms with Crippen LogP contribution >= 0.6 is 0 Å². The van der Waals surface area contributed by atoms with E-state index in [1.54, 1.807) is 12.3 Å². The molecule has 1 amide bonds. The quantitative estimate of drug-likeness (QED) is 0.828. The first kappa shape index (κ1) is 18.6. The molecule has 2 heterocycles. The van der Waals surface area contributed by atoms with Crippen molar-refractivity contribution in [3.63, 3.8) is 0 Å². The number of carbonyl (C=O) groups excluding carboxylic acids is 1. The Bertz CT molecular complexity index is 694. The van der Waals surface area contributed by atoms with Crippen LogP contribution in [0.15, 0.2) is 18.5 Å². The van der Waals surface area contributed by atoms with Crippen LogP contribution in [0.4, 0.5) is 10.1 Å². The number of carbonyl (C=O) groups is 1. The molecule has 6 nitrogen and oxygen atoms in total. The van der Waals surface area contributed by atoms with Gasteiger partial charge in [0.05, 0.1) is 23.7 Å². The van der Waals surface area contributed by atoms with Gasteiger partial charge in [0.15, 0.2) is 5.82 Å². The standard InChI is InChI=1S/C16H24FN3O3S/c1-11(2)12-9-20(15-4-6-18-8-13(15)17)10-14(12)19-16(21)5-7-24(3,22)23/h4,6,8,11-12,14H,5,7,9-10H2,1-3H3,(H,19,21)/t12-,14+/m1/s1. The SMILES string of the molecule is CC(C)[C@H]1CN(c2ccncc2F)C[C@@H]1NC(=O)CCS(C)(=O)=O. The van der Waals surface area contributed by atoms with Gasteiger partial charge in [-0.1, -0.05) is 13.8 Å². The number of nitrogens with zero attached hydrogens (tertiary/aromatic N) is 2. The van der Waals surface area contributed by atoms with E-state index in [1.807, 2.05) is 4.90 Å². The van der Waals surface area contributed by atoms with E-state index in [1.165, 1.54) is 6.20 Å². The summed E-state index contributed by atoms with van der Waals surface area (Å²) in [6.07, 6.45) is 3.78. The predicted octanol–water partition coefficient (Wildman–Crippen LogP) is 1.23. The number of aromatic nitrogens is 1. The van der Waals surface area contributed by atoms with Gasteiger partial charge < -0.3 is 10.2 Å². The van der Waals surface area contributed by atoms with Crippen LogP contribution in [0, 0.1) is 17.7 Å². The fourth-order valence-electron chi connectivity index (χ4n) is 3.04. The van der Waals surface area contributed by atoms with Crippen LogP contribution in [-0.4, -0.2) is 50.4 Å². The lowest BCUT2D eigenvalue weighted by molar-refractivity contribution is -0.121. The van der Waals surface area contributed by atoms with E-state index in [-0.39, 0.29) is 35.9 Å². The molecule has 1 fully saturated rings. The van der Waals surface area contributed by atoms with Crippen LogP contribution in [0.2, 0.25) is 0 Å². The Balaban J connectivity index is 2.05. The van der Waals surface area contributed by atoms with Crippen molar-refractivity contribution in [2.45, 2.75) is 26.3 Å². The highest BCUT2D eigenvalue weighted by molar-refractivity contribution is 7.90. The molecule has 1 aliphatic rings. The summed E-state index contributed by atoms with van der Waals surface area (Å²) in [6, 6.07) is 1.49. The van der Waals surface area contributed by atoms with Gasteiger partial charge in [-0.3, -0.25) is 9.78 Å². The third kappa shape index (κ3) is 4.90. The molecule has 0 aliphatic carbocycles. The molecule has 24 heavy (non-hydrogen) atoms. The number of hydrogen-bond acceptors (Lipinski definition) is 5. The molecule has 2 rings (SSSR count). The molecule has 1 aliphatic heterocycles. The largest absolute Gasteiger partial charge is 0.367 e. The fourth-order valence-corrected chi connectivity index (χ4v) is 3.59. The first-order valence-electron chi connectivity index (χ1n) is 7.99. The van der Waals surface area contributed by atoms with Gasteiger partial charge in [0, 0.05) is 37.9 Å². The maximum atomic E-state index is 14.0. The Morgan fingerprint density at radius 3 is 2.75 bits per heavy atom. The van der Waals surface area contributed by atoms with E-state index in [4.69, 9.17) is 0 Å². The van der Waals surface area contributed by atoms with Crippen molar-refractivity contribution in [1.82, 2.24) is 10.3 Å². The Labute approximate surface area is 142 Å². The first-order valence-corrected chi connectivity index (χ1v) is 10.0. The van der Waals surface area contributed by atoms with Crippen LogP contribution in [-0.2, 0) is 14.6 Å². The molecule has 134 valence electrons. The number of sulfone groups is 1. The Hall–Kier alpha value is -1.70. The fraction of sp³-hybridized carbons (Fsp3) is 0.625. The topological polar surface area (TPSA) is 79.4 Å². The van der Waals surface area contributed by atoms with Crippen molar-refractivity contribution in [3.8, 4) is 0 Å². The molecule has 1 N–H and O–H groups in total. The maximum Gasteiger partial charge on any atom is 0.221 e. The number of pyridine rings is 1. The lowest BCUT2D eigenvalue weighted by Gasteiger charge is -2.22. The average molecular weight is 357 g/mol. The van der Waals surface area contributed by atoms with E-state index < -0.39 is 9.84 Å². The Morgan fingerprint density at radius 1 is 1.46 bits per heavy atom. The van der Waals surface area contributed by atoms with Gasteiger partial charge in [0.25, 0.3) is 0 Å². The van der Waals surface area contributed by atoms with E-state index in [0.29, 0.717) is 24.7 Å². The average Bonchev–Trinajstić information content (AvgIpc) is 2.89. The zero-order valence-electron chi connectivity index (χ0n) is 14.2. The van der Waals surface area contributed by atoms with Crippen molar-refractivity contribution in [1.29, 1.82) is 0 Å². The molecule has 0 bridgehead atoms. The van der Waals surface area contributed by atoms with Crippen LogP contribution < -0.4 is 10.2 Å². The molecule has 0 aromatic carbocycles. The normalized spacial score (nSPS) is 21.3. The molecule has 0 saturated carbocycles. The van der Waals surface area contributed by atoms with Crippen LogP contribution in [0.5, 0.6) is 0 Å². The second-order valence-corrected chi connectivity index (χ2v) is 8.95.